The maximum atomic E-state index is 11.5. The minimum absolute atomic E-state index is 0.00195. The summed E-state index contributed by atoms with van der Waals surface area (Å²) in [6.45, 7) is 2.44. The summed E-state index contributed by atoms with van der Waals surface area (Å²) in [5.41, 5.74) is 4.49. The number of aromatic nitrogens is 4. The Morgan fingerprint density at radius 1 is 1.25 bits per heavy atom. The summed E-state index contributed by atoms with van der Waals surface area (Å²) in [5.74, 6) is 0.458. The smallest absolute Gasteiger partial charge is 0.277 e. The van der Waals surface area contributed by atoms with Crippen molar-refractivity contribution in [2.45, 2.75) is 19.3 Å². The van der Waals surface area contributed by atoms with Crippen LogP contribution in [0, 0.1) is 0 Å². The number of aliphatic hydroxyl groups excluding tert-OH is 1. The number of nitrogens with one attached hydrogen (secondary N) is 1. The van der Waals surface area contributed by atoms with E-state index in [0.717, 1.165) is 26.2 Å². The van der Waals surface area contributed by atoms with Crippen molar-refractivity contribution in [3.8, 4) is 0 Å². The molecule has 1 unspecified atom stereocenters. The Labute approximate surface area is 211 Å². The Morgan fingerprint density at radius 2 is 2.08 bits per heavy atom. The number of carbonyl (C=O) groups is 1. The van der Waals surface area contributed by atoms with E-state index < -0.39 is 5.91 Å². The Morgan fingerprint density at radius 3 is 2.86 bits per heavy atom. The van der Waals surface area contributed by atoms with Gasteiger partial charge in [0.25, 0.3) is 5.91 Å². The number of aliphatic hydroxyl groups is 1. The van der Waals surface area contributed by atoms with E-state index in [1.54, 1.807) is 16.8 Å². The van der Waals surface area contributed by atoms with E-state index in [4.69, 9.17) is 14.9 Å². The quantitative estimate of drug-likeness (QED) is 0.252. The monoisotopic (exact) mass is 507 g/mol. The van der Waals surface area contributed by atoms with Crippen molar-refractivity contribution in [3.05, 3.63) is 70.5 Å². The van der Waals surface area contributed by atoms with Crippen LogP contribution in [0.4, 0.5) is 11.9 Å². The lowest BCUT2D eigenvalue weighted by Crippen LogP contribution is -2.39. The van der Waals surface area contributed by atoms with Crippen molar-refractivity contribution in [2.75, 3.05) is 36.5 Å². The number of hydroxylamine groups is 1. The molecule has 0 radical (unpaired) electrons. The molecular weight excluding hydrogens is 482 g/mol. The van der Waals surface area contributed by atoms with Crippen molar-refractivity contribution >= 4 is 39.4 Å². The number of rotatable bonds is 7. The van der Waals surface area contributed by atoms with E-state index in [1.807, 2.05) is 48.5 Å². The topological polar surface area (TPSA) is 137 Å². The second-order valence-corrected chi connectivity index (χ2v) is 9.58. The van der Waals surface area contributed by atoms with Crippen LogP contribution in [-0.2, 0) is 17.9 Å². The molecule has 1 amide bonds. The van der Waals surface area contributed by atoms with Gasteiger partial charge in [-0.05, 0) is 17.2 Å². The Hall–Kier alpha value is -3.71. The molecular formula is C24H25N7O4S. The third-order valence-electron chi connectivity index (χ3n) is 5.90. The van der Waals surface area contributed by atoms with Gasteiger partial charge in [0.05, 0.1) is 48.3 Å². The van der Waals surface area contributed by atoms with E-state index >= 15 is 0 Å². The van der Waals surface area contributed by atoms with Crippen molar-refractivity contribution in [1.29, 1.82) is 0 Å². The van der Waals surface area contributed by atoms with Gasteiger partial charge < -0.3 is 19.6 Å². The number of ether oxygens (including phenoxy) is 1. The van der Waals surface area contributed by atoms with Crippen LogP contribution >= 0.6 is 11.3 Å². The van der Waals surface area contributed by atoms with E-state index in [0.29, 0.717) is 38.1 Å². The third kappa shape index (κ3) is 5.11. The molecule has 0 bridgehead atoms. The van der Waals surface area contributed by atoms with Gasteiger partial charge in [-0.1, -0.05) is 24.3 Å². The summed E-state index contributed by atoms with van der Waals surface area (Å²) in [4.78, 5) is 34.4. The van der Waals surface area contributed by atoms with Gasteiger partial charge in [0, 0.05) is 30.9 Å². The van der Waals surface area contributed by atoms with Crippen LogP contribution in [0.25, 0.3) is 10.2 Å². The summed E-state index contributed by atoms with van der Waals surface area (Å²) in [5, 5.41) is 18.2. The van der Waals surface area contributed by atoms with Gasteiger partial charge >= 0.3 is 0 Å². The molecule has 4 heterocycles. The number of amides is 1. The first kappa shape index (κ1) is 24.0. The maximum absolute atomic E-state index is 11.5. The minimum atomic E-state index is -0.659. The number of thiophene rings is 1. The minimum Gasteiger partial charge on any atom is -0.392 e. The third-order valence-corrected chi connectivity index (χ3v) is 6.94. The first-order valence-electron chi connectivity index (χ1n) is 11.3. The Bertz CT molecular complexity index is 1360. The molecule has 1 aromatic carbocycles. The van der Waals surface area contributed by atoms with Gasteiger partial charge in [0.2, 0.25) is 11.9 Å². The fourth-order valence-electron chi connectivity index (χ4n) is 4.04. The van der Waals surface area contributed by atoms with Gasteiger partial charge in [-0.25, -0.2) is 25.4 Å². The lowest BCUT2D eigenvalue weighted by atomic mass is 10.0. The van der Waals surface area contributed by atoms with E-state index in [9.17, 15) is 9.90 Å². The van der Waals surface area contributed by atoms with Crippen molar-refractivity contribution < 1.29 is 19.8 Å². The number of fused-ring (bicyclic) bond motifs is 1. The number of hydrogen-bond acceptors (Lipinski definition) is 11. The van der Waals surface area contributed by atoms with Crippen molar-refractivity contribution in [1.82, 2.24) is 25.4 Å². The Balaban J connectivity index is 1.29. The van der Waals surface area contributed by atoms with Crippen molar-refractivity contribution in [3.63, 3.8) is 0 Å². The Kier molecular flexibility index (Phi) is 7.00. The highest BCUT2D eigenvalue weighted by Gasteiger charge is 2.24. The molecule has 1 fully saturated rings. The normalized spacial score (nSPS) is 15.8. The second-order valence-electron chi connectivity index (χ2n) is 8.41. The highest BCUT2D eigenvalue weighted by atomic mass is 32.1. The highest BCUT2D eigenvalue weighted by Crippen LogP contribution is 2.29. The molecule has 186 valence electrons. The molecule has 3 aromatic heterocycles. The van der Waals surface area contributed by atoms with Crippen LogP contribution in [0.15, 0.2) is 48.9 Å². The standard InChI is InChI=1S/C24H25N7O4S/c1-30(23-25-9-17(10-26-23)22(33)29-34)12-18-8-19-21(36-18)11-27-24(28-19)31-5-6-35-20(13-31)16-4-2-3-15(7-16)14-32/h2-4,7-11,20,32,34H,5-6,12-14H2,1H3,(H,29,33). The van der Waals surface area contributed by atoms with E-state index in [-0.39, 0.29) is 18.3 Å². The van der Waals surface area contributed by atoms with Crippen molar-refractivity contribution in [2.24, 2.45) is 0 Å². The van der Waals surface area contributed by atoms with Crippen LogP contribution < -0.4 is 15.3 Å². The van der Waals surface area contributed by atoms with Crippen LogP contribution in [0.2, 0.25) is 0 Å². The van der Waals surface area contributed by atoms with Crippen LogP contribution in [0.1, 0.15) is 32.5 Å². The van der Waals surface area contributed by atoms with Gasteiger partial charge in [-0.3, -0.25) is 10.0 Å². The van der Waals surface area contributed by atoms with E-state index in [1.165, 1.54) is 12.4 Å². The molecule has 0 saturated carbocycles. The predicted molar refractivity (Wildman–Crippen MR) is 134 cm³/mol. The fourth-order valence-corrected chi connectivity index (χ4v) is 5.06. The molecule has 12 heteroatoms. The lowest BCUT2D eigenvalue weighted by Gasteiger charge is -2.33. The number of anilines is 2. The van der Waals surface area contributed by atoms with Gasteiger partial charge in [-0.2, -0.15) is 0 Å². The van der Waals surface area contributed by atoms with Gasteiger partial charge in [0.1, 0.15) is 6.10 Å². The predicted octanol–water partition coefficient (Wildman–Crippen LogP) is 2.31. The van der Waals surface area contributed by atoms with Crippen LogP contribution in [0.5, 0.6) is 0 Å². The van der Waals surface area contributed by atoms with Crippen LogP contribution in [0.3, 0.4) is 0 Å². The van der Waals surface area contributed by atoms with E-state index in [2.05, 4.69) is 19.9 Å². The molecule has 5 rings (SSSR count). The number of morpholine rings is 1. The zero-order valence-corrected chi connectivity index (χ0v) is 20.4. The first-order valence-corrected chi connectivity index (χ1v) is 12.1. The zero-order chi connectivity index (χ0) is 25.1. The molecule has 0 spiro atoms. The molecule has 11 nitrogen and oxygen atoms in total. The number of benzene rings is 1. The van der Waals surface area contributed by atoms with Gasteiger partial charge in [0.15, 0.2) is 0 Å². The summed E-state index contributed by atoms with van der Waals surface area (Å²) in [7, 11) is 1.86. The summed E-state index contributed by atoms with van der Waals surface area (Å²) >= 11 is 1.60. The summed E-state index contributed by atoms with van der Waals surface area (Å²) in [6.07, 6.45) is 4.46. The van der Waals surface area contributed by atoms with Crippen LogP contribution in [-0.4, -0.2) is 62.9 Å². The largest absolute Gasteiger partial charge is 0.392 e. The molecule has 1 saturated heterocycles. The van der Waals surface area contributed by atoms with Gasteiger partial charge in [-0.15, -0.1) is 11.3 Å². The molecule has 1 aliphatic heterocycles. The summed E-state index contributed by atoms with van der Waals surface area (Å²) in [6, 6.07) is 9.85. The number of nitrogens with zero attached hydrogens (tertiary/aromatic N) is 6. The SMILES string of the molecule is CN(Cc1cc2nc(N3CCOC(c4cccc(CO)c4)C3)ncc2s1)c1ncc(C(=O)NO)cn1. The molecule has 0 aliphatic carbocycles. The molecule has 4 aromatic rings. The number of carbonyl (C=O) groups excluding carboxylic acids is 1. The molecule has 3 N–H and O–H groups in total. The maximum Gasteiger partial charge on any atom is 0.277 e. The fraction of sp³-hybridized carbons (Fsp3) is 0.292. The molecule has 36 heavy (non-hydrogen) atoms. The highest BCUT2D eigenvalue weighted by molar-refractivity contribution is 7.19. The number of hydrogen-bond donors (Lipinski definition) is 3. The second kappa shape index (κ2) is 10.5. The molecule has 1 aliphatic rings. The average Bonchev–Trinajstić information content (AvgIpc) is 3.34. The lowest BCUT2D eigenvalue weighted by molar-refractivity contribution is 0.0391. The average molecular weight is 508 g/mol. The molecule has 1 atom stereocenters. The summed E-state index contributed by atoms with van der Waals surface area (Å²) < 4.78 is 6.98. The first-order chi connectivity index (χ1) is 17.5. The zero-order valence-electron chi connectivity index (χ0n) is 19.5.